The van der Waals surface area contributed by atoms with Crippen molar-refractivity contribution in [3.05, 3.63) is 29.6 Å². The van der Waals surface area contributed by atoms with Crippen LogP contribution < -0.4 is 5.73 Å². The lowest BCUT2D eigenvalue weighted by Crippen LogP contribution is -2.14. The molecule has 0 atom stereocenters. The molecular weight excluding hydrogens is 213 g/mol. The first-order chi connectivity index (χ1) is 7.66. The van der Waals surface area contributed by atoms with Crippen molar-refractivity contribution < 1.29 is 9.18 Å². The van der Waals surface area contributed by atoms with Crippen LogP contribution in [0.3, 0.4) is 0 Å². The Labute approximate surface area is 89.7 Å². The molecular formula is C9H8FN5O. The number of nitrogens with zero attached hydrogens (tertiary/aromatic N) is 3. The predicted octanol–water partition coefficient (Wildman–Crippen LogP) is 0.0336. The van der Waals surface area contributed by atoms with Gasteiger partial charge in [-0.1, -0.05) is 0 Å². The van der Waals surface area contributed by atoms with Gasteiger partial charge in [0.15, 0.2) is 0 Å². The van der Waals surface area contributed by atoms with Gasteiger partial charge in [-0.15, -0.1) is 10.2 Å². The third kappa shape index (κ3) is 2.02. The summed E-state index contributed by atoms with van der Waals surface area (Å²) in [7, 11) is 0. The topological polar surface area (TPSA) is 97.5 Å². The zero-order valence-electron chi connectivity index (χ0n) is 8.14. The van der Waals surface area contributed by atoms with Crippen LogP contribution in [0.15, 0.2) is 18.2 Å². The van der Waals surface area contributed by atoms with E-state index in [0.29, 0.717) is 11.4 Å². The Balaban J connectivity index is 2.39. The second-order valence-electron chi connectivity index (χ2n) is 3.18. The standard InChI is InChI=1S/C9H8FN5O/c10-7-2-1-5(9-12-14-15-13-9)3-6(7)4-8(11)16/h1-3H,4H2,(H2,11,16)(H,12,13,14,15). The zero-order chi connectivity index (χ0) is 11.5. The Morgan fingerprint density at radius 3 is 2.94 bits per heavy atom. The van der Waals surface area contributed by atoms with E-state index in [1.54, 1.807) is 0 Å². The van der Waals surface area contributed by atoms with Gasteiger partial charge in [0.2, 0.25) is 11.7 Å². The van der Waals surface area contributed by atoms with E-state index < -0.39 is 11.7 Å². The molecule has 0 saturated carbocycles. The molecule has 0 unspecified atom stereocenters. The van der Waals surface area contributed by atoms with Crippen molar-refractivity contribution in [3.63, 3.8) is 0 Å². The molecule has 0 spiro atoms. The van der Waals surface area contributed by atoms with Crippen LogP contribution >= 0.6 is 0 Å². The summed E-state index contributed by atoms with van der Waals surface area (Å²) in [6.45, 7) is 0. The summed E-state index contributed by atoms with van der Waals surface area (Å²) in [5.41, 5.74) is 5.80. The van der Waals surface area contributed by atoms with Gasteiger partial charge in [-0.2, -0.15) is 5.21 Å². The third-order valence-corrected chi connectivity index (χ3v) is 2.01. The van der Waals surface area contributed by atoms with Crippen molar-refractivity contribution in [3.8, 4) is 11.4 Å². The van der Waals surface area contributed by atoms with Gasteiger partial charge in [0.1, 0.15) is 5.82 Å². The number of hydrogen-bond donors (Lipinski definition) is 2. The summed E-state index contributed by atoms with van der Waals surface area (Å²) in [4.78, 5) is 10.7. The first kappa shape index (κ1) is 10.2. The zero-order valence-corrected chi connectivity index (χ0v) is 8.14. The van der Waals surface area contributed by atoms with Gasteiger partial charge in [0, 0.05) is 5.56 Å². The fourth-order valence-electron chi connectivity index (χ4n) is 1.32. The van der Waals surface area contributed by atoms with Crippen molar-refractivity contribution in [1.29, 1.82) is 0 Å². The van der Waals surface area contributed by atoms with Crippen LogP contribution in [0.4, 0.5) is 4.39 Å². The second kappa shape index (κ2) is 4.05. The molecule has 0 fully saturated rings. The number of amides is 1. The van der Waals surface area contributed by atoms with Crippen LogP contribution in [-0.4, -0.2) is 26.5 Å². The highest BCUT2D eigenvalue weighted by Gasteiger charge is 2.09. The van der Waals surface area contributed by atoms with Crippen molar-refractivity contribution in [2.75, 3.05) is 0 Å². The van der Waals surface area contributed by atoms with Crippen LogP contribution in [0, 0.1) is 5.82 Å². The molecule has 0 bridgehead atoms. The second-order valence-corrected chi connectivity index (χ2v) is 3.18. The summed E-state index contributed by atoms with van der Waals surface area (Å²) >= 11 is 0. The van der Waals surface area contributed by atoms with Crippen LogP contribution in [-0.2, 0) is 11.2 Å². The maximum atomic E-state index is 13.3. The molecule has 0 radical (unpaired) electrons. The summed E-state index contributed by atoms with van der Waals surface area (Å²) < 4.78 is 13.3. The summed E-state index contributed by atoms with van der Waals surface area (Å²) in [6.07, 6.45) is -0.155. The number of carbonyl (C=O) groups excluding carboxylic acids is 1. The molecule has 3 N–H and O–H groups in total. The average molecular weight is 221 g/mol. The number of benzene rings is 1. The van der Waals surface area contributed by atoms with Gasteiger partial charge >= 0.3 is 0 Å². The minimum absolute atomic E-state index is 0.155. The number of primary amides is 1. The number of tetrazole rings is 1. The summed E-state index contributed by atoms with van der Waals surface area (Å²) in [6, 6.07) is 4.22. The number of nitrogens with one attached hydrogen (secondary N) is 1. The molecule has 1 heterocycles. The number of nitrogens with two attached hydrogens (primary N) is 1. The van der Waals surface area contributed by atoms with Crippen LogP contribution in [0.25, 0.3) is 11.4 Å². The summed E-state index contributed by atoms with van der Waals surface area (Å²) in [5, 5.41) is 13.2. The number of aromatic nitrogens is 4. The predicted molar refractivity (Wildman–Crippen MR) is 52.5 cm³/mol. The fourth-order valence-corrected chi connectivity index (χ4v) is 1.32. The molecule has 82 valence electrons. The SMILES string of the molecule is NC(=O)Cc1cc(-c2nn[nH]n2)ccc1F. The van der Waals surface area contributed by atoms with E-state index in [0.717, 1.165) is 0 Å². The van der Waals surface area contributed by atoms with E-state index in [-0.39, 0.29) is 12.0 Å². The number of aromatic amines is 1. The van der Waals surface area contributed by atoms with Crippen molar-refractivity contribution in [1.82, 2.24) is 20.6 Å². The number of carbonyl (C=O) groups is 1. The Morgan fingerprint density at radius 1 is 1.50 bits per heavy atom. The molecule has 1 amide bonds. The van der Waals surface area contributed by atoms with Gasteiger partial charge in [-0.25, -0.2) is 4.39 Å². The van der Waals surface area contributed by atoms with Crippen LogP contribution in [0.2, 0.25) is 0 Å². The molecule has 0 aliphatic rings. The molecule has 0 aliphatic heterocycles. The number of halogens is 1. The smallest absolute Gasteiger partial charge is 0.221 e. The minimum Gasteiger partial charge on any atom is -0.369 e. The van der Waals surface area contributed by atoms with E-state index in [4.69, 9.17) is 5.73 Å². The monoisotopic (exact) mass is 221 g/mol. The Morgan fingerprint density at radius 2 is 2.31 bits per heavy atom. The highest BCUT2D eigenvalue weighted by Crippen LogP contribution is 2.18. The lowest BCUT2D eigenvalue weighted by atomic mass is 10.1. The molecule has 6 nitrogen and oxygen atoms in total. The van der Waals surface area contributed by atoms with Gasteiger partial charge in [-0.3, -0.25) is 4.79 Å². The van der Waals surface area contributed by atoms with Gasteiger partial charge < -0.3 is 5.73 Å². The average Bonchev–Trinajstić information content (AvgIpc) is 2.73. The highest BCUT2D eigenvalue weighted by atomic mass is 19.1. The van der Waals surface area contributed by atoms with Crippen LogP contribution in [0.5, 0.6) is 0 Å². The molecule has 0 saturated heterocycles. The third-order valence-electron chi connectivity index (χ3n) is 2.01. The molecule has 1 aromatic carbocycles. The number of hydrogen-bond acceptors (Lipinski definition) is 4. The number of rotatable bonds is 3. The maximum Gasteiger partial charge on any atom is 0.221 e. The molecule has 2 rings (SSSR count). The Hall–Kier alpha value is -2.31. The molecule has 7 heteroatoms. The largest absolute Gasteiger partial charge is 0.369 e. The number of H-pyrrole nitrogens is 1. The quantitative estimate of drug-likeness (QED) is 0.764. The van der Waals surface area contributed by atoms with Gasteiger partial charge in [0.05, 0.1) is 6.42 Å². The maximum absolute atomic E-state index is 13.3. The van der Waals surface area contributed by atoms with Gasteiger partial charge in [-0.05, 0) is 29.0 Å². The molecule has 1 aromatic heterocycles. The van der Waals surface area contributed by atoms with E-state index in [1.165, 1.54) is 18.2 Å². The first-order valence-electron chi connectivity index (χ1n) is 4.47. The van der Waals surface area contributed by atoms with Gasteiger partial charge in [0.25, 0.3) is 0 Å². The molecule has 0 aliphatic carbocycles. The normalized spacial score (nSPS) is 10.3. The minimum atomic E-state index is -0.593. The van der Waals surface area contributed by atoms with E-state index >= 15 is 0 Å². The van der Waals surface area contributed by atoms with Crippen molar-refractivity contribution >= 4 is 5.91 Å². The van der Waals surface area contributed by atoms with Crippen molar-refractivity contribution in [2.45, 2.75) is 6.42 Å². The molecule has 2 aromatic rings. The van der Waals surface area contributed by atoms with E-state index in [9.17, 15) is 9.18 Å². The Bertz CT molecular complexity index is 511. The van der Waals surface area contributed by atoms with E-state index in [1.807, 2.05) is 0 Å². The summed E-state index contributed by atoms with van der Waals surface area (Å²) in [5.74, 6) is -0.735. The lowest BCUT2D eigenvalue weighted by Gasteiger charge is -2.02. The molecule has 16 heavy (non-hydrogen) atoms. The fraction of sp³-hybridized carbons (Fsp3) is 0.111. The lowest BCUT2D eigenvalue weighted by molar-refractivity contribution is -0.117. The highest BCUT2D eigenvalue weighted by molar-refractivity contribution is 5.77. The first-order valence-corrected chi connectivity index (χ1v) is 4.47. The Kier molecular flexibility index (Phi) is 2.59. The van der Waals surface area contributed by atoms with Crippen molar-refractivity contribution in [2.24, 2.45) is 5.73 Å². The van der Waals surface area contributed by atoms with Crippen LogP contribution in [0.1, 0.15) is 5.56 Å². The van der Waals surface area contributed by atoms with E-state index in [2.05, 4.69) is 20.6 Å².